The summed E-state index contributed by atoms with van der Waals surface area (Å²) in [4.78, 5) is 14.5. The summed E-state index contributed by atoms with van der Waals surface area (Å²) in [5, 5.41) is 10.7. The van der Waals surface area contributed by atoms with Gasteiger partial charge in [-0.1, -0.05) is 12.1 Å². The van der Waals surface area contributed by atoms with Gasteiger partial charge >= 0.3 is 0 Å². The summed E-state index contributed by atoms with van der Waals surface area (Å²) in [5.74, 6) is 0.305. The summed E-state index contributed by atoms with van der Waals surface area (Å²) in [7, 11) is -2.36. The second kappa shape index (κ2) is 8.49. The lowest BCUT2D eigenvalue weighted by atomic mass is 10.1. The van der Waals surface area contributed by atoms with Crippen LogP contribution in [-0.4, -0.2) is 38.9 Å². The number of rotatable bonds is 6. The Morgan fingerprint density at radius 2 is 1.94 bits per heavy atom. The lowest BCUT2D eigenvalue weighted by Crippen LogP contribution is -2.41. The van der Waals surface area contributed by atoms with Gasteiger partial charge in [-0.2, -0.15) is 9.98 Å². The van der Waals surface area contributed by atoms with E-state index < -0.39 is 16.1 Å². The molecule has 0 saturated carbocycles. The maximum atomic E-state index is 13.0. The number of nitrogen functional groups attached to an aromatic ring is 1. The van der Waals surface area contributed by atoms with Crippen molar-refractivity contribution in [2.24, 2.45) is 0 Å². The third-order valence-corrected chi connectivity index (χ3v) is 7.03. The van der Waals surface area contributed by atoms with Crippen LogP contribution in [0.1, 0.15) is 17.5 Å². The molecule has 0 aromatic heterocycles. The van der Waals surface area contributed by atoms with Crippen molar-refractivity contribution in [3.8, 4) is 11.8 Å². The first kappa shape index (κ1) is 21.6. The summed E-state index contributed by atoms with van der Waals surface area (Å²) >= 11 is 0. The first-order valence-corrected chi connectivity index (χ1v) is 11.5. The van der Waals surface area contributed by atoms with Gasteiger partial charge in [0.2, 0.25) is 15.9 Å². The maximum Gasteiger partial charge on any atom is 0.241 e. The van der Waals surface area contributed by atoms with Crippen LogP contribution in [0.4, 0.5) is 5.69 Å². The summed E-state index contributed by atoms with van der Waals surface area (Å²) in [6.45, 7) is 0.603. The molecule has 0 radical (unpaired) electrons. The molecule has 1 aliphatic heterocycles. The Kier molecular flexibility index (Phi) is 5.74. The number of carbonyl (C=O) groups is 1. The molecule has 0 bridgehead atoms. The standard InChI is InChI=1S/C23H22N4O4S/c1-31-19-5-3-16-4-6-20(12-17(16)11-19)32(29,30)26-22-8-9-27(23(22)28)14-18-10-15(13-24)2-7-21(18)25/h2-7,10-12,22,26H,8-9,14,25H2,1H3. The number of hydrogen-bond acceptors (Lipinski definition) is 6. The Morgan fingerprint density at radius 1 is 1.16 bits per heavy atom. The quantitative estimate of drug-likeness (QED) is 0.556. The maximum absolute atomic E-state index is 13.0. The van der Waals surface area contributed by atoms with Crippen molar-refractivity contribution in [3.05, 3.63) is 65.7 Å². The van der Waals surface area contributed by atoms with Gasteiger partial charge < -0.3 is 15.4 Å². The Bertz CT molecular complexity index is 1350. The molecule has 164 valence electrons. The van der Waals surface area contributed by atoms with Crippen molar-refractivity contribution in [1.29, 1.82) is 5.26 Å². The third-order valence-electron chi connectivity index (χ3n) is 5.56. The number of likely N-dealkylation sites (tertiary alicyclic amines) is 1. The molecule has 3 N–H and O–H groups in total. The van der Waals surface area contributed by atoms with E-state index in [0.29, 0.717) is 35.5 Å². The Labute approximate surface area is 186 Å². The summed E-state index contributed by atoms with van der Waals surface area (Å²) in [6.07, 6.45) is 0.345. The minimum absolute atomic E-state index is 0.0791. The van der Waals surface area contributed by atoms with Gasteiger partial charge in [0.05, 0.1) is 23.6 Å². The fourth-order valence-electron chi connectivity index (χ4n) is 3.78. The molecule has 4 rings (SSSR count). The fraction of sp³-hybridized carbons (Fsp3) is 0.217. The van der Waals surface area contributed by atoms with Gasteiger partial charge in [-0.05, 0) is 65.2 Å². The van der Waals surface area contributed by atoms with Crippen LogP contribution >= 0.6 is 0 Å². The minimum atomic E-state index is -3.91. The van der Waals surface area contributed by atoms with Crippen LogP contribution in [0.15, 0.2) is 59.5 Å². The van der Waals surface area contributed by atoms with Crippen LogP contribution in [0.3, 0.4) is 0 Å². The highest BCUT2D eigenvalue weighted by atomic mass is 32.2. The number of nitrogens with zero attached hydrogens (tertiary/aromatic N) is 2. The van der Waals surface area contributed by atoms with Crippen LogP contribution in [0, 0.1) is 11.3 Å². The van der Waals surface area contributed by atoms with Crippen molar-refractivity contribution in [1.82, 2.24) is 9.62 Å². The lowest BCUT2D eigenvalue weighted by Gasteiger charge is -2.18. The van der Waals surface area contributed by atoms with E-state index in [9.17, 15) is 13.2 Å². The monoisotopic (exact) mass is 450 g/mol. The average molecular weight is 451 g/mol. The minimum Gasteiger partial charge on any atom is -0.497 e. The zero-order chi connectivity index (χ0) is 22.9. The fourth-order valence-corrected chi connectivity index (χ4v) is 5.03. The van der Waals surface area contributed by atoms with Crippen LogP contribution < -0.4 is 15.2 Å². The number of anilines is 1. The molecule has 9 heteroatoms. The smallest absolute Gasteiger partial charge is 0.241 e. The predicted molar refractivity (Wildman–Crippen MR) is 120 cm³/mol. The highest BCUT2D eigenvalue weighted by Crippen LogP contribution is 2.25. The number of benzene rings is 3. The third kappa shape index (κ3) is 4.23. The number of nitrogens with two attached hydrogens (primary N) is 1. The van der Waals surface area contributed by atoms with E-state index in [1.165, 1.54) is 6.07 Å². The van der Waals surface area contributed by atoms with Gasteiger partial charge in [-0.15, -0.1) is 0 Å². The number of nitrogens with one attached hydrogen (secondary N) is 1. The number of methoxy groups -OCH3 is 1. The highest BCUT2D eigenvalue weighted by Gasteiger charge is 2.35. The van der Waals surface area contributed by atoms with Crippen molar-refractivity contribution < 1.29 is 17.9 Å². The van der Waals surface area contributed by atoms with Crippen molar-refractivity contribution >= 4 is 32.4 Å². The molecule has 1 heterocycles. The number of nitriles is 1. The number of sulfonamides is 1. The zero-order valence-corrected chi connectivity index (χ0v) is 18.2. The van der Waals surface area contributed by atoms with Crippen LogP contribution in [0.5, 0.6) is 5.75 Å². The first-order valence-electron chi connectivity index (χ1n) is 9.98. The summed E-state index contributed by atoms with van der Waals surface area (Å²) in [6, 6.07) is 16.3. The Morgan fingerprint density at radius 3 is 2.69 bits per heavy atom. The van der Waals surface area contributed by atoms with Crippen molar-refractivity contribution in [3.63, 3.8) is 0 Å². The van der Waals surface area contributed by atoms with E-state index >= 15 is 0 Å². The summed E-state index contributed by atoms with van der Waals surface area (Å²) in [5.41, 5.74) is 7.56. The van der Waals surface area contributed by atoms with Gasteiger partial charge in [0, 0.05) is 18.8 Å². The Hall–Kier alpha value is -3.61. The largest absolute Gasteiger partial charge is 0.497 e. The molecule has 1 fully saturated rings. The molecule has 0 spiro atoms. The van der Waals surface area contributed by atoms with Crippen molar-refractivity contribution in [2.45, 2.75) is 23.9 Å². The molecule has 1 aliphatic rings. The van der Waals surface area contributed by atoms with E-state index in [1.54, 1.807) is 54.5 Å². The number of hydrogen-bond donors (Lipinski definition) is 2. The summed E-state index contributed by atoms with van der Waals surface area (Å²) < 4.78 is 33.7. The van der Waals surface area contributed by atoms with Crippen molar-refractivity contribution in [2.75, 3.05) is 19.4 Å². The van der Waals surface area contributed by atoms with E-state index in [2.05, 4.69) is 4.72 Å². The second-order valence-corrected chi connectivity index (χ2v) is 9.34. The first-order chi connectivity index (χ1) is 15.3. The van der Waals surface area contributed by atoms with E-state index in [1.807, 2.05) is 12.1 Å². The molecular formula is C23H22N4O4S. The average Bonchev–Trinajstić information content (AvgIpc) is 3.12. The molecular weight excluding hydrogens is 428 g/mol. The van der Waals surface area contributed by atoms with Gasteiger partial charge in [-0.25, -0.2) is 8.42 Å². The molecule has 32 heavy (non-hydrogen) atoms. The number of amides is 1. The number of ether oxygens (including phenoxy) is 1. The lowest BCUT2D eigenvalue weighted by molar-refractivity contribution is -0.129. The molecule has 0 aliphatic carbocycles. The zero-order valence-electron chi connectivity index (χ0n) is 17.4. The highest BCUT2D eigenvalue weighted by molar-refractivity contribution is 7.89. The second-order valence-electron chi connectivity index (χ2n) is 7.62. The van der Waals surface area contributed by atoms with E-state index in [4.69, 9.17) is 15.7 Å². The van der Waals surface area contributed by atoms with Gasteiger partial charge in [-0.3, -0.25) is 4.79 Å². The van der Waals surface area contributed by atoms with Gasteiger partial charge in [0.15, 0.2) is 0 Å². The molecule has 1 unspecified atom stereocenters. The predicted octanol–water partition coefficient (Wildman–Crippen LogP) is 2.38. The van der Waals surface area contributed by atoms with Crippen LogP contribution in [0.25, 0.3) is 10.8 Å². The number of carbonyl (C=O) groups excluding carboxylic acids is 1. The molecule has 3 aromatic carbocycles. The molecule has 3 aromatic rings. The Balaban J connectivity index is 1.51. The van der Waals surface area contributed by atoms with Crippen LogP contribution in [0.2, 0.25) is 0 Å². The van der Waals surface area contributed by atoms with Gasteiger partial charge in [0.25, 0.3) is 0 Å². The normalized spacial score (nSPS) is 16.3. The molecule has 8 nitrogen and oxygen atoms in total. The molecule has 1 amide bonds. The van der Waals surface area contributed by atoms with E-state index in [0.717, 1.165) is 10.8 Å². The number of fused-ring (bicyclic) bond motifs is 1. The van der Waals surface area contributed by atoms with E-state index in [-0.39, 0.29) is 17.3 Å². The SMILES string of the molecule is COc1ccc2ccc(S(=O)(=O)NC3CCN(Cc4cc(C#N)ccc4N)C3=O)cc2c1. The molecule has 1 atom stereocenters. The van der Waals surface area contributed by atoms with Gasteiger partial charge in [0.1, 0.15) is 11.8 Å². The van der Waals surface area contributed by atoms with Crippen LogP contribution in [-0.2, 0) is 21.4 Å². The topological polar surface area (TPSA) is 126 Å². The molecule has 1 saturated heterocycles.